The molecule has 1 fully saturated rings. The molecule has 0 bridgehead atoms. The second kappa shape index (κ2) is 11.9. The van der Waals surface area contributed by atoms with Crippen molar-refractivity contribution < 1.29 is 13.2 Å². The summed E-state index contributed by atoms with van der Waals surface area (Å²) < 4.78 is 37.8. The Kier molecular flexibility index (Phi) is 9.24. The minimum absolute atomic E-state index is 0. The monoisotopic (exact) mass is 505 g/mol. The second-order valence-electron chi connectivity index (χ2n) is 8.97. The predicted molar refractivity (Wildman–Crippen MR) is 140 cm³/mol. The Balaban J connectivity index is 0.00000342. The number of fused-ring (bicyclic) bond motifs is 1. The van der Waals surface area contributed by atoms with Gasteiger partial charge in [0.25, 0.3) is 0 Å². The highest BCUT2D eigenvalue weighted by Gasteiger charge is 2.29. The van der Waals surface area contributed by atoms with Crippen LogP contribution in [-0.2, 0) is 6.54 Å². The molecule has 0 unspecified atom stereocenters. The molecule has 0 spiro atoms. The molecule has 1 heterocycles. The minimum Gasteiger partial charge on any atom is -0.362 e. The summed E-state index contributed by atoms with van der Waals surface area (Å²) in [5.41, 5.74) is -2.46. The number of nitrogens with zero attached hydrogens (tertiary/aromatic N) is 3. The zero-order valence-electron chi connectivity index (χ0n) is 19.4. The Bertz CT molecular complexity index is 1100. The third-order valence-electron chi connectivity index (χ3n) is 6.08. The molecule has 9 heteroatoms. The normalized spacial score (nSPS) is 18.2. The van der Waals surface area contributed by atoms with Gasteiger partial charge in [0.1, 0.15) is 5.82 Å². The first kappa shape index (κ1) is 27.1. The Morgan fingerprint density at radius 3 is 2.46 bits per heavy atom. The fourth-order valence-corrected chi connectivity index (χ4v) is 5.06. The van der Waals surface area contributed by atoms with Gasteiger partial charge in [-0.25, -0.2) is 4.98 Å². The van der Waals surface area contributed by atoms with E-state index in [0.717, 1.165) is 54.5 Å². The topological polar surface area (TPSA) is 53.1 Å². The van der Waals surface area contributed by atoms with Gasteiger partial charge in [-0.15, -0.1) is 0 Å². The highest BCUT2D eigenvalue weighted by atomic mass is 32.2. The van der Waals surface area contributed by atoms with Gasteiger partial charge in [-0.1, -0.05) is 31.7 Å². The number of benzene rings is 2. The first-order chi connectivity index (χ1) is 16.3. The quantitative estimate of drug-likeness (QED) is 0.332. The van der Waals surface area contributed by atoms with Crippen LogP contribution in [-0.4, -0.2) is 42.2 Å². The molecule has 2 N–H and O–H groups in total. The summed E-state index contributed by atoms with van der Waals surface area (Å²) in [6.07, 6.45) is 4.25. The van der Waals surface area contributed by atoms with Gasteiger partial charge in [-0.05, 0) is 79.7 Å². The summed E-state index contributed by atoms with van der Waals surface area (Å²) in [7, 11) is 3.98. The summed E-state index contributed by atoms with van der Waals surface area (Å²) in [5, 5.41) is 7.99. The Labute approximate surface area is 209 Å². The van der Waals surface area contributed by atoms with Crippen molar-refractivity contribution in [2.24, 2.45) is 5.92 Å². The van der Waals surface area contributed by atoms with Crippen LogP contribution < -0.4 is 15.5 Å². The van der Waals surface area contributed by atoms with Gasteiger partial charge in [0, 0.05) is 37.0 Å². The maximum Gasteiger partial charge on any atom is 0.446 e. The Hall–Kier alpha value is -2.52. The van der Waals surface area contributed by atoms with Crippen LogP contribution in [0, 0.1) is 5.92 Å². The fourth-order valence-electron chi connectivity index (χ4n) is 4.43. The van der Waals surface area contributed by atoms with Crippen LogP contribution in [0.15, 0.2) is 53.4 Å². The van der Waals surface area contributed by atoms with Crippen molar-refractivity contribution in [2.75, 3.05) is 30.9 Å². The zero-order chi connectivity index (χ0) is 24.1. The number of hydrogen-bond donors (Lipinski definition) is 2. The van der Waals surface area contributed by atoms with Gasteiger partial charge in [0.15, 0.2) is 0 Å². The zero-order valence-corrected chi connectivity index (χ0v) is 20.2. The van der Waals surface area contributed by atoms with Crippen molar-refractivity contribution in [3.05, 3.63) is 54.1 Å². The number of halogens is 3. The van der Waals surface area contributed by atoms with Crippen LogP contribution in [0.5, 0.6) is 0 Å². The number of alkyl halides is 3. The lowest BCUT2D eigenvalue weighted by Gasteiger charge is -2.29. The summed E-state index contributed by atoms with van der Waals surface area (Å²) >= 11 is -0.0675. The van der Waals surface area contributed by atoms with Gasteiger partial charge in [0.2, 0.25) is 5.95 Å². The number of nitrogens with one attached hydrogen (secondary N) is 2. The molecule has 0 atom stereocenters. The molecule has 1 saturated carbocycles. The Morgan fingerprint density at radius 2 is 1.74 bits per heavy atom. The number of para-hydroxylation sites is 1. The van der Waals surface area contributed by atoms with Crippen LogP contribution in [0.4, 0.5) is 24.9 Å². The Morgan fingerprint density at radius 1 is 1.00 bits per heavy atom. The van der Waals surface area contributed by atoms with Gasteiger partial charge in [-0.2, -0.15) is 18.2 Å². The molecule has 1 aliphatic rings. The molecule has 3 aromatic rings. The van der Waals surface area contributed by atoms with E-state index >= 15 is 0 Å². The molecule has 0 saturated heterocycles. The van der Waals surface area contributed by atoms with Crippen LogP contribution in [0.2, 0.25) is 0 Å². The average Bonchev–Trinajstić information content (AvgIpc) is 2.79. The van der Waals surface area contributed by atoms with Gasteiger partial charge >= 0.3 is 5.51 Å². The van der Waals surface area contributed by atoms with Crippen LogP contribution in [0.3, 0.4) is 0 Å². The number of aromatic nitrogens is 2. The summed E-state index contributed by atoms with van der Waals surface area (Å²) in [5.74, 6) is 2.13. The van der Waals surface area contributed by atoms with E-state index in [4.69, 9.17) is 9.97 Å². The molecule has 5 nitrogen and oxygen atoms in total. The number of rotatable bonds is 8. The maximum atomic E-state index is 12.6. The standard InChI is InChI=1S/C25H30F3N5S.CH4/c1-33(2)23-21-8-3-4-9-22(21)31-24(32-23)30-19-12-10-17(11-13-19)15-29-16-18-6-5-7-20(14-18)34-25(26,27)28;/h3-9,14,17,19,29H,10-13,15-16H2,1-2H3,(H,30,31,32);1H4. The van der Waals surface area contributed by atoms with Gasteiger partial charge in [0.05, 0.1) is 5.52 Å². The van der Waals surface area contributed by atoms with Crippen molar-refractivity contribution in [1.82, 2.24) is 15.3 Å². The van der Waals surface area contributed by atoms with E-state index in [-0.39, 0.29) is 24.1 Å². The third-order valence-corrected chi connectivity index (χ3v) is 6.80. The van der Waals surface area contributed by atoms with E-state index in [2.05, 4.69) is 10.6 Å². The molecule has 1 aromatic heterocycles. The first-order valence-corrected chi connectivity index (χ1v) is 12.3. The molecule has 190 valence electrons. The highest BCUT2D eigenvalue weighted by molar-refractivity contribution is 8.00. The lowest BCUT2D eigenvalue weighted by atomic mass is 9.86. The largest absolute Gasteiger partial charge is 0.446 e. The average molecular weight is 506 g/mol. The molecule has 1 aliphatic carbocycles. The van der Waals surface area contributed by atoms with E-state index in [0.29, 0.717) is 24.5 Å². The highest BCUT2D eigenvalue weighted by Crippen LogP contribution is 2.37. The van der Waals surface area contributed by atoms with Gasteiger partial charge < -0.3 is 15.5 Å². The summed E-state index contributed by atoms with van der Waals surface area (Å²) in [6, 6.07) is 15.0. The maximum absolute atomic E-state index is 12.6. The first-order valence-electron chi connectivity index (χ1n) is 11.5. The minimum atomic E-state index is -4.26. The molecule has 2 aromatic carbocycles. The molecule has 0 amide bonds. The van der Waals surface area contributed by atoms with E-state index < -0.39 is 5.51 Å². The molecule has 0 aliphatic heterocycles. The van der Waals surface area contributed by atoms with Crippen molar-refractivity contribution in [3.63, 3.8) is 0 Å². The van der Waals surface area contributed by atoms with E-state index in [1.54, 1.807) is 12.1 Å². The lowest BCUT2D eigenvalue weighted by molar-refractivity contribution is -0.0328. The molecular formula is C26H34F3N5S. The molecule has 0 radical (unpaired) electrons. The molecule has 4 rings (SSSR count). The summed E-state index contributed by atoms with van der Waals surface area (Å²) in [6.45, 7) is 1.43. The van der Waals surface area contributed by atoms with E-state index in [1.807, 2.05) is 49.3 Å². The lowest BCUT2D eigenvalue weighted by Crippen LogP contribution is -2.31. The van der Waals surface area contributed by atoms with E-state index in [1.165, 1.54) is 6.07 Å². The van der Waals surface area contributed by atoms with Crippen LogP contribution in [0.25, 0.3) is 10.9 Å². The van der Waals surface area contributed by atoms with Crippen molar-refractivity contribution in [3.8, 4) is 0 Å². The smallest absolute Gasteiger partial charge is 0.362 e. The summed E-state index contributed by atoms with van der Waals surface area (Å²) in [4.78, 5) is 11.7. The van der Waals surface area contributed by atoms with Crippen molar-refractivity contribution >= 4 is 34.4 Å². The third kappa shape index (κ3) is 7.73. The number of thioether (sulfide) groups is 1. The van der Waals surface area contributed by atoms with Crippen molar-refractivity contribution in [1.29, 1.82) is 0 Å². The van der Waals surface area contributed by atoms with Crippen LogP contribution in [0.1, 0.15) is 38.7 Å². The predicted octanol–water partition coefficient (Wildman–Crippen LogP) is 6.70. The number of anilines is 2. The molecular weight excluding hydrogens is 471 g/mol. The van der Waals surface area contributed by atoms with E-state index in [9.17, 15) is 13.2 Å². The second-order valence-corrected chi connectivity index (χ2v) is 10.1. The fraction of sp³-hybridized carbons (Fsp3) is 0.462. The number of hydrogen-bond acceptors (Lipinski definition) is 6. The van der Waals surface area contributed by atoms with Crippen molar-refractivity contribution in [2.45, 2.75) is 56.1 Å². The SMILES string of the molecule is C.CN(C)c1nc(NC2CCC(CNCc3cccc(SC(F)(F)F)c3)CC2)nc2ccccc12. The molecule has 35 heavy (non-hydrogen) atoms. The van der Waals surface area contributed by atoms with Crippen LogP contribution >= 0.6 is 11.8 Å². The van der Waals surface area contributed by atoms with Gasteiger partial charge in [-0.3, -0.25) is 0 Å².